The standard InChI is InChI=1S/C17H23N3O3/c1-20-14(21)11-12(15(20)22)17(8-5-9-18-16(17)23)19-13(11)10-6-3-2-4-7-10/h2-3,10-13,19H,4-9H2,1H3,(H,18,23)/t10?,11-,12-,13-,17-/m0/s1. The van der Waals surface area contributed by atoms with E-state index in [1.54, 1.807) is 7.05 Å². The van der Waals surface area contributed by atoms with Crippen molar-refractivity contribution in [2.24, 2.45) is 17.8 Å². The highest BCUT2D eigenvalue weighted by Crippen LogP contribution is 2.48. The van der Waals surface area contributed by atoms with E-state index in [-0.39, 0.29) is 23.8 Å². The van der Waals surface area contributed by atoms with Crippen molar-refractivity contribution in [3.63, 3.8) is 0 Å². The molecular weight excluding hydrogens is 294 g/mol. The summed E-state index contributed by atoms with van der Waals surface area (Å²) in [6.07, 6.45) is 8.69. The van der Waals surface area contributed by atoms with E-state index < -0.39 is 17.4 Å². The van der Waals surface area contributed by atoms with Crippen LogP contribution in [0.5, 0.6) is 0 Å². The first kappa shape index (κ1) is 14.9. The van der Waals surface area contributed by atoms with Gasteiger partial charge in [-0.05, 0) is 38.0 Å². The number of fused-ring (bicyclic) bond motifs is 2. The third-order valence-electron chi connectivity index (χ3n) is 6.17. The second kappa shape index (κ2) is 5.16. The predicted octanol–water partition coefficient (Wildman–Crippen LogP) is 0.194. The molecule has 1 unspecified atom stereocenters. The first-order valence-electron chi connectivity index (χ1n) is 8.58. The van der Waals surface area contributed by atoms with Gasteiger partial charge in [-0.25, -0.2) is 0 Å². The number of piperidine rings is 1. The van der Waals surface area contributed by atoms with Gasteiger partial charge in [0.15, 0.2) is 0 Å². The molecule has 3 saturated heterocycles. The van der Waals surface area contributed by atoms with Crippen LogP contribution in [0.3, 0.4) is 0 Å². The molecule has 1 aliphatic carbocycles. The summed E-state index contributed by atoms with van der Waals surface area (Å²) in [5, 5.41) is 6.40. The monoisotopic (exact) mass is 317 g/mol. The third-order valence-corrected chi connectivity index (χ3v) is 6.17. The van der Waals surface area contributed by atoms with E-state index in [4.69, 9.17) is 0 Å². The second-order valence-corrected chi connectivity index (χ2v) is 7.28. The number of likely N-dealkylation sites (tertiary alicyclic amines) is 1. The van der Waals surface area contributed by atoms with Crippen molar-refractivity contribution in [3.05, 3.63) is 12.2 Å². The number of carbonyl (C=O) groups excluding carboxylic acids is 3. The summed E-state index contributed by atoms with van der Waals surface area (Å²) in [6.45, 7) is 0.647. The van der Waals surface area contributed by atoms with Gasteiger partial charge >= 0.3 is 0 Å². The lowest BCUT2D eigenvalue weighted by molar-refractivity contribution is -0.143. The van der Waals surface area contributed by atoms with E-state index in [0.717, 1.165) is 25.7 Å². The largest absolute Gasteiger partial charge is 0.354 e. The average molecular weight is 317 g/mol. The van der Waals surface area contributed by atoms with Crippen molar-refractivity contribution >= 4 is 17.7 Å². The Morgan fingerprint density at radius 1 is 1.22 bits per heavy atom. The zero-order valence-corrected chi connectivity index (χ0v) is 13.4. The number of hydrogen-bond acceptors (Lipinski definition) is 4. The van der Waals surface area contributed by atoms with Crippen molar-refractivity contribution < 1.29 is 14.4 Å². The van der Waals surface area contributed by atoms with Crippen LogP contribution in [0.25, 0.3) is 0 Å². The first-order chi connectivity index (χ1) is 11.1. The van der Waals surface area contributed by atoms with E-state index in [9.17, 15) is 14.4 Å². The number of carbonyl (C=O) groups is 3. The molecular formula is C17H23N3O3. The molecule has 1 spiro atoms. The van der Waals surface area contributed by atoms with Gasteiger partial charge in [0, 0.05) is 19.6 Å². The van der Waals surface area contributed by atoms with Crippen molar-refractivity contribution in [1.29, 1.82) is 0 Å². The minimum absolute atomic E-state index is 0.0878. The molecule has 0 radical (unpaired) electrons. The highest BCUT2D eigenvalue weighted by atomic mass is 16.2. The molecule has 0 aromatic heterocycles. The SMILES string of the molecule is CN1C(=O)[C@H]2[C@@H](C1=O)[C@]1(CCCNC1=O)N[C@H]2C1CC=CCC1. The quantitative estimate of drug-likeness (QED) is 0.535. The molecule has 0 aromatic carbocycles. The Morgan fingerprint density at radius 3 is 2.74 bits per heavy atom. The van der Waals surface area contributed by atoms with Crippen LogP contribution >= 0.6 is 0 Å². The van der Waals surface area contributed by atoms with E-state index in [2.05, 4.69) is 22.8 Å². The van der Waals surface area contributed by atoms with E-state index in [1.807, 2.05) is 0 Å². The molecule has 0 aromatic rings. The summed E-state index contributed by atoms with van der Waals surface area (Å²) >= 11 is 0. The highest BCUT2D eigenvalue weighted by Gasteiger charge is 2.68. The maximum Gasteiger partial charge on any atom is 0.241 e. The minimum Gasteiger partial charge on any atom is -0.354 e. The molecule has 3 heterocycles. The number of amides is 3. The smallest absolute Gasteiger partial charge is 0.241 e. The summed E-state index contributed by atoms with van der Waals surface area (Å²) in [5.74, 6) is -1.06. The molecule has 2 N–H and O–H groups in total. The summed E-state index contributed by atoms with van der Waals surface area (Å²) in [6, 6.07) is -0.0878. The van der Waals surface area contributed by atoms with Gasteiger partial charge in [-0.3, -0.25) is 24.6 Å². The molecule has 4 aliphatic rings. The van der Waals surface area contributed by atoms with Crippen LogP contribution in [0.2, 0.25) is 0 Å². The molecule has 0 saturated carbocycles. The van der Waals surface area contributed by atoms with Gasteiger partial charge in [0.05, 0.1) is 11.8 Å². The fourth-order valence-electron chi connectivity index (χ4n) is 5.02. The molecule has 5 atom stereocenters. The average Bonchev–Trinajstić information content (AvgIpc) is 3.02. The topological polar surface area (TPSA) is 78.5 Å². The number of rotatable bonds is 1. The maximum absolute atomic E-state index is 12.7. The number of nitrogens with one attached hydrogen (secondary N) is 2. The number of allylic oxidation sites excluding steroid dienone is 2. The predicted molar refractivity (Wildman–Crippen MR) is 83.1 cm³/mol. The van der Waals surface area contributed by atoms with Crippen molar-refractivity contribution in [3.8, 4) is 0 Å². The van der Waals surface area contributed by atoms with Gasteiger partial charge in [-0.15, -0.1) is 0 Å². The Hall–Kier alpha value is -1.69. The van der Waals surface area contributed by atoms with Crippen molar-refractivity contribution in [2.75, 3.05) is 13.6 Å². The summed E-state index contributed by atoms with van der Waals surface area (Å²) in [4.78, 5) is 39.3. The van der Waals surface area contributed by atoms with Gasteiger partial charge in [0.25, 0.3) is 0 Å². The maximum atomic E-state index is 12.7. The van der Waals surface area contributed by atoms with Gasteiger partial charge < -0.3 is 5.32 Å². The summed E-state index contributed by atoms with van der Waals surface area (Å²) in [5.41, 5.74) is -0.897. The Kier molecular flexibility index (Phi) is 3.34. The van der Waals surface area contributed by atoms with Crippen LogP contribution in [0, 0.1) is 17.8 Å². The minimum atomic E-state index is -0.897. The molecule has 0 bridgehead atoms. The molecule has 4 rings (SSSR count). The molecule has 6 nitrogen and oxygen atoms in total. The van der Waals surface area contributed by atoms with Crippen LogP contribution in [0.1, 0.15) is 32.1 Å². The van der Waals surface area contributed by atoms with Crippen LogP contribution in [-0.4, -0.2) is 47.8 Å². The van der Waals surface area contributed by atoms with Crippen LogP contribution in [0.15, 0.2) is 12.2 Å². The van der Waals surface area contributed by atoms with Gasteiger partial charge in [0.1, 0.15) is 5.54 Å². The molecule has 3 aliphatic heterocycles. The Balaban J connectivity index is 1.75. The first-order valence-corrected chi connectivity index (χ1v) is 8.58. The Morgan fingerprint density at radius 2 is 2.04 bits per heavy atom. The van der Waals surface area contributed by atoms with E-state index in [1.165, 1.54) is 4.90 Å². The lowest BCUT2D eigenvalue weighted by atomic mass is 9.73. The van der Waals surface area contributed by atoms with E-state index >= 15 is 0 Å². The fourth-order valence-corrected chi connectivity index (χ4v) is 5.02. The highest BCUT2D eigenvalue weighted by molar-refractivity contribution is 6.10. The molecule has 3 amide bonds. The zero-order chi connectivity index (χ0) is 16.2. The van der Waals surface area contributed by atoms with Crippen molar-refractivity contribution in [2.45, 2.75) is 43.7 Å². The number of hydrogen-bond donors (Lipinski definition) is 2. The summed E-state index contributed by atoms with van der Waals surface area (Å²) in [7, 11) is 1.55. The fraction of sp³-hybridized carbons (Fsp3) is 0.706. The normalized spacial score (nSPS) is 43.2. The lowest BCUT2D eigenvalue weighted by Gasteiger charge is -2.37. The van der Waals surface area contributed by atoms with Crippen molar-refractivity contribution in [1.82, 2.24) is 15.5 Å². The van der Waals surface area contributed by atoms with Crippen LogP contribution < -0.4 is 10.6 Å². The summed E-state index contributed by atoms with van der Waals surface area (Å²) < 4.78 is 0. The Labute approximate surface area is 135 Å². The molecule has 3 fully saturated rings. The lowest BCUT2D eigenvalue weighted by Crippen LogP contribution is -2.63. The number of imide groups is 1. The van der Waals surface area contributed by atoms with Gasteiger partial charge in [-0.2, -0.15) is 0 Å². The van der Waals surface area contributed by atoms with Gasteiger partial charge in [-0.1, -0.05) is 12.2 Å². The second-order valence-electron chi connectivity index (χ2n) is 7.28. The number of nitrogens with zero attached hydrogens (tertiary/aromatic N) is 1. The van der Waals surface area contributed by atoms with E-state index in [0.29, 0.717) is 18.9 Å². The zero-order valence-electron chi connectivity index (χ0n) is 13.4. The Bertz CT molecular complexity index is 602. The third kappa shape index (κ3) is 1.94. The molecule has 23 heavy (non-hydrogen) atoms. The molecule has 124 valence electrons. The molecule has 6 heteroatoms. The van der Waals surface area contributed by atoms with Crippen LogP contribution in [0.4, 0.5) is 0 Å². The van der Waals surface area contributed by atoms with Crippen LogP contribution in [-0.2, 0) is 14.4 Å². The van der Waals surface area contributed by atoms with Gasteiger partial charge in [0.2, 0.25) is 17.7 Å².